The van der Waals surface area contributed by atoms with Crippen molar-refractivity contribution in [3.63, 3.8) is 0 Å². The first kappa shape index (κ1) is 17.2. The van der Waals surface area contributed by atoms with Gasteiger partial charge >= 0.3 is 0 Å². The number of nitrogens with zero attached hydrogens (tertiary/aromatic N) is 3. The van der Waals surface area contributed by atoms with Crippen LogP contribution < -0.4 is 0 Å². The molecular weight excluding hydrogens is 358 g/mol. The molecule has 2 unspecified atom stereocenters. The number of hydrogen-bond donors (Lipinski definition) is 1. The lowest BCUT2D eigenvalue weighted by atomic mass is 9.95. The van der Waals surface area contributed by atoms with Crippen LogP contribution in [0.5, 0.6) is 0 Å². The van der Waals surface area contributed by atoms with Gasteiger partial charge in [-0.1, -0.05) is 11.6 Å². The molecular formula is C22H24ClN3O. The molecule has 0 saturated heterocycles. The smallest absolute Gasteiger partial charge is 0.108 e. The predicted octanol–water partition coefficient (Wildman–Crippen LogP) is 4.07. The Morgan fingerprint density at radius 3 is 3.00 bits per heavy atom. The third kappa shape index (κ3) is 2.54. The summed E-state index contributed by atoms with van der Waals surface area (Å²) in [5, 5.41) is 13.5. The van der Waals surface area contributed by atoms with E-state index in [1.807, 2.05) is 18.3 Å². The summed E-state index contributed by atoms with van der Waals surface area (Å²) in [6, 6.07) is 8.46. The minimum atomic E-state index is -0.843. The molecule has 140 valence electrons. The van der Waals surface area contributed by atoms with E-state index in [0.717, 1.165) is 36.4 Å². The summed E-state index contributed by atoms with van der Waals surface area (Å²) in [4.78, 5) is 6.62. The molecule has 4 nitrogen and oxygen atoms in total. The molecule has 0 fully saturated rings. The van der Waals surface area contributed by atoms with Gasteiger partial charge in [0.25, 0.3) is 0 Å². The number of hydrogen-bond acceptors (Lipinski definition) is 3. The largest absolute Gasteiger partial charge is 0.383 e. The van der Waals surface area contributed by atoms with Crippen LogP contribution in [-0.4, -0.2) is 33.1 Å². The molecule has 2 aromatic heterocycles. The fourth-order valence-electron chi connectivity index (χ4n) is 5.00. The second-order valence-corrected chi connectivity index (χ2v) is 8.52. The molecule has 2 aliphatic rings. The van der Waals surface area contributed by atoms with Gasteiger partial charge in [0.2, 0.25) is 0 Å². The molecule has 0 saturated carbocycles. The maximum absolute atomic E-state index is 11.6. The van der Waals surface area contributed by atoms with Crippen molar-refractivity contribution in [2.24, 2.45) is 0 Å². The second-order valence-electron chi connectivity index (χ2n) is 8.08. The van der Waals surface area contributed by atoms with E-state index in [9.17, 15) is 5.11 Å². The molecule has 0 spiro atoms. The third-order valence-electron chi connectivity index (χ3n) is 6.59. The quantitative estimate of drug-likeness (QED) is 0.727. The molecule has 1 aliphatic heterocycles. The fourth-order valence-corrected chi connectivity index (χ4v) is 5.17. The molecule has 27 heavy (non-hydrogen) atoms. The van der Waals surface area contributed by atoms with E-state index in [1.165, 1.54) is 27.7 Å². The van der Waals surface area contributed by atoms with Gasteiger partial charge in [-0.3, -0.25) is 9.88 Å². The molecule has 5 heteroatoms. The normalized spacial score (nSPS) is 25.0. The first-order valence-corrected chi connectivity index (χ1v) is 10.0. The third-order valence-corrected chi connectivity index (χ3v) is 6.82. The Hall–Kier alpha value is -1.88. The van der Waals surface area contributed by atoms with Crippen molar-refractivity contribution in [1.29, 1.82) is 0 Å². The van der Waals surface area contributed by atoms with Crippen LogP contribution in [0.1, 0.15) is 41.8 Å². The van der Waals surface area contributed by atoms with Gasteiger partial charge in [-0.15, -0.1) is 0 Å². The number of pyridine rings is 1. The van der Waals surface area contributed by atoms with Crippen molar-refractivity contribution in [2.75, 3.05) is 13.6 Å². The highest BCUT2D eigenvalue weighted by atomic mass is 35.5. The van der Waals surface area contributed by atoms with Crippen molar-refractivity contribution in [3.8, 4) is 0 Å². The maximum atomic E-state index is 11.6. The van der Waals surface area contributed by atoms with E-state index in [2.05, 4.69) is 40.6 Å². The van der Waals surface area contributed by atoms with Gasteiger partial charge < -0.3 is 9.67 Å². The van der Waals surface area contributed by atoms with E-state index in [1.54, 1.807) is 6.20 Å². The van der Waals surface area contributed by atoms with Crippen LogP contribution in [-0.2, 0) is 25.0 Å². The molecule has 0 amide bonds. The summed E-state index contributed by atoms with van der Waals surface area (Å²) >= 11 is 6.34. The van der Waals surface area contributed by atoms with Crippen LogP contribution in [0, 0.1) is 0 Å². The van der Waals surface area contributed by atoms with E-state index in [0.29, 0.717) is 12.6 Å². The summed E-state index contributed by atoms with van der Waals surface area (Å²) < 4.78 is 2.35. The van der Waals surface area contributed by atoms with Crippen molar-refractivity contribution in [2.45, 2.75) is 44.4 Å². The van der Waals surface area contributed by atoms with Crippen LogP contribution in [0.4, 0.5) is 0 Å². The van der Waals surface area contributed by atoms with E-state index in [4.69, 9.17) is 11.6 Å². The van der Waals surface area contributed by atoms with Crippen LogP contribution in [0.3, 0.4) is 0 Å². The SMILES string of the molecule is CC1c2c(n(CC3(O)CCc4cnccc43)c3ccc(Cl)cc23)CCN1C. The predicted molar refractivity (Wildman–Crippen MR) is 108 cm³/mol. The monoisotopic (exact) mass is 381 g/mol. The lowest BCUT2D eigenvalue weighted by Crippen LogP contribution is -2.33. The summed E-state index contributed by atoms with van der Waals surface area (Å²) in [7, 11) is 2.18. The van der Waals surface area contributed by atoms with Crippen molar-refractivity contribution >= 4 is 22.5 Å². The Morgan fingerprint density at radius 2 is 2.15 bits per heavy atom. The first-order valence-electron chi connectivity index (χ1n) is 9.64. The Labute approximate surface area is 164 Å². The summed E-state index contributed by atoms with van der Waals surface area (Å²) in [6.45, 7) is 3.86. The number of benzene rings is 1. The highest BCUT2D eigenvalue weighted by Crippen LogP contribution is 2.42. The highest BCUT2D eigenvalue weighted by molar-refractivity contribution is 6.31. The van der Waals surface area contributed by atoms with E-state index >= 15 is 0 Å². The van der Waals surface area contributed by atoms with Crippen LogP contribution in [0.15, 0.2) is 36.7 Å². The Bertz CT molecular complexity index is 1040. The minimum absolute atomic E-state index is 0.339. The van der Waals surface area contributed by atoms with Crippen molar-refractivity contribution in [1.82, 2.24) is 14.5 Å². The van der Waals surface area contributed by atoms with Gasteiger partial charge in [0, 0.05) is 53.0 Å². The van der Waals surface area contributed by atoms with Crippen LogP contribution in [0.25, 0.3) is 10.9 Å². The molecule has 1 aliphatic carbocycles. The lowest BCUT2D eigenvalue weighted by molar-refractivity contribution is 0.0205. The molecule has 1 N–H and O–H groups in total. The maximum Gasteiger partial charge on any atom is 0.108 e. The van der Waals surface area contributed by atoms with E-state index in [-0.39, 0.29) is 0 Å². The molecule has 0 bridgehead atoms. The molecule has 1 aromatic carbocycles. The fraction of sp³-hybridized carbons (Fsp3) is 0.409. The number of halogens is 1. The first-order chi connectivity index (χ1) is 13.0. The Kier molecular flexibility index (Phi) is 3.87. The molecule has 2 atom stereocenters. The Balaban J connectivity index is 1.69. The average Bonchev–Trinajstić information content (AvgIpc) is 3.15. The number of fused-ring (bicyclic) bond motifs is 4. The molecule has 0 radical (unpaired) electrons. The van der Waals surface area contributed by atoms with Crippen molar-refractivity contribution < 1.29 is 5.11 Å². The Morgan fingerprint density at radius 1 is 1.30 bits per heavy atom. The summed E-state index contributed by atoms with van der Waals surface area (Å²) in [6.07, 6.45) is 6.29. The number of aromatic nitrogens is 2. The standard InChI is InChI=1S/C22H24ClN3O/c1-14-21-17-11-16(23)3-4-19(17)26(20(21)7-10-25(14)2)13-22(27)8-5-15-12-24-9-6-18(15)22/h3-4,6,9,11-12,14,27H,5,7-8,10,13H2,1-2H3. The van der Waals surface area contributed by atoms with Gasteiger partial charge in [-0.2, -0.15) is 0 Å². The topological polar surface area (TPSA) is 41.3 Å². The minimum Gasteiger partial charge on any atom is -0.383 e. The van der Waals surface area contributed by atoms with Gasteiger partial charge in [0.15, 0.2) is 0 Å². The van der Waals surface area contributed by atoms with Gasteiger partial charge in [-0.25, -0.2) is 0 Å². The van der Waals surface area contributed by atoms with Crippen LogP contribution >= 0.6 is 11.6 Å². The van der Waals surface area contributed by atoms with Gasteiger partial charge in [0.05, 0.1) is 6.54 Å². The zero-order chi connectivity index (χ0) is 18.8. The van der Waals surface area contributed by atoms with Crippen LogP contribution in [0.2, 0.25) is 5.02 Å². The number of rotatable bonds is 2. The number of likely N-dealkylation sites (N-methyl/N-ethyl adjacent to an activating group) is 1. The second kappa shape index (κ2) is 6.06. The van der Waals surface area contributed by atoms with Crippen molar-refractivity contribution in [3.05, 3.63) is 64.1 Å². The molecule has 3 heterocycles. The summed E-state index contributed by atoms with van der Waals surface area (Å²) in [5.41, 5.74) is 5.23. The molecule has 3 aromatic rings. The zero-order valence-corrected chi connectivity index (χ0v) is 16.5. The number of aryl methyl sites for hydroxylation is 1. The average molecular weight is 382 g/mol. The van der Waals surface area contributed by atoms with Gasteiger partial charge in [0.1, 0.15) is 5.60 Å². The highest BCUT2D eigenvalue weighted by Gasteiger charge is 2.39. The summed E-state index contributed by atoms with van der Waals surface area (Å²) in [5.74, 6) is 0. The van der Waals surface area contributed by atoms with E-state index < -0.39 is 5.60 Å². The lowest BCUT2D eigenvalue weighted by Gasteiger charge is -2.32. The number of aliphatic hydroxyl groups is 1. The van der Waals surface area contributed by atoms with Gasteiger partial charge in [-0.05, 0) is 67.8 Å². The zero-order valence-electron chi connectivity index (χ0n) is 15.7. The molecule has 5 rings (SSSR count).